The molecule has 0 radical (unpaired) electrons. The first-order chi connectivity index (χ1) is 11.9. The first-order valence-electron chi connectivity index (χ1n) is 8.51. The minimum Gasteiger partial charge on any atom is -0.378 e. The molecule has 0 bridgehead atoms. The van der Waals surface area contributed by atoms with E-state index < -0.39 is 0 Å². The van der Waals surface area contributed by atoms with Gasteiger partial charge in [-0.3, -0.25) is 4.90 Å². The van der Waals surface area contributed by atoms with Crippen LogP contribution in [-0.2, 0) is 11.3 Å². The Morgan fingerprint density at radius 3 is 2.75 bits per heavy atom. The topological polar surface area (TPSA) is 67.3 Å². The second kappa shape index (κ2) is 7.50. The minimum absolute atomic E-state index is 0.455. The van der Waals surface area contributed by atoms with E-state index in [1.807, 2.05) is 12.3 Å². The Morgan fingerprint density at radius 2 is 2.00 bits per heavy atom. The first-order valence-corrected chi connectivity index (χ1v) is 9.39. The van der Waals surface area contributed by atoms with E-state index in [-0.39, 0.29) is 0 Å². The van der Waals surface area contributed by atoms with Gasteiger partial charge in [0.05, 0.1) is 19.8 Å². The van der Waals surface area contributed by atoms with E-state index in [1.54, 1.807) is 16.8 Å². The molecule has 2 saturated heterocycles. The molecule has 0 N–H and O–H groups in total. The maximum Gasteiger partial charge on any atom is 0.133 e. The van der Waals surface area contributed by atoms with E-state index in [1.165, 1.54) is 0 Å². The average molecular weight is 346 g/mol. The van der Waals surface area contributed by atoms with Gasteiger partial charge in [-0.25, -0.2) is 9.97 Å². The van der Waals surface area contributed by atoms with Gasteiger partial charge < -0.3 is 9.64 Å². The number of aromatic nitrogens is 4. The Bertz CT molecular complexity index is 638. The molecule has 128 valence electrons. The van der Waals surface area contributed by atoms with Crippen LogP contribution in [0, 0.1) is 0 Å². The Hall–Kier alpha value is -1.64. The van der Waals surface area contributed by atoms with Crippen LogP contribution in [0.25, 0.3) is 0 Å². The second-order valence-corrected chi connectivity index (χ2v) is 7.17. The van der Waals surface area contributed by atoms with Gasteiger partial charge in [-0.2, -0.15) is 0 Å². The van der Waals surface area contributed by atoms with Gasteiger partial charge in [0, 0.05) is 25.2 Å². The van der Waals surface area contributed by atoms with E-state index in [0.29, 0.717) is 5.92 Å². The van der Waals surface area contributed by atoms with Crippen molar-refractivity contribution in [3.8, 4) is 0 Å². The summed E-state index contributed by atoms with van der Waals surface area (Å²) in [6.07, 6.45) is 4.11. The number of likely N-dealkylation sites (tertiary alicyclic amines) is 1. The number of nitrogens with zero attached hydrogens (tertiary/aromatic N) is 6. The fourth-order valence-corrected chi connectivity index (χ4v) is 3.90. The molecule has 0 spiro atoms. The monoisotopic (exact) mass is 346 g/mol. The highest BCUT2D eigenvalue weighted by atomic mass is 32.1. The highest BCUT2D eigenvalue weighted by Gasteiger charge is 2.24. The molecule has 24 heavy (non-hydrogen) atoms. The van der Waals surface area contributed by atoms with Gasteiger partial charge >= 0.3 is 0 Å². The zero-order chi connectivity index (χ0) is 16.2. The Kier molecular flexibility index (Phi) is 4.96. The molecule has 0 amide bonds. The molecule has 0 aromatic carbocycles. The first kappa shape index (κ1) is 15.9. The smallest absolute Gasteiger partial charge is 0.133 e. The minimum atomic E-state index is 0.455. The molecule has 0 saturated carbocycles. The molecule has 7 nitrogen and oxygen atoms in total. The summed E-state index contributed by atoms with van der Waals surface area (Å²) in [7, 11) is 0. The van der Waals surface area contributed by atoms with Gasteiger partial charge in [0.1, 0.15) is 22.2 Å². The maximum absolute atomic E-state index is 5.42. The lowest BCUT2D eigenvalue weighted by Gasteiger charge is -2.31. The Labute approximate surface area is 145 Å². The summed E-state index contributed by atoms with van der Waals surface area (Å²) in [4.78, 5) is 14.1. The van der Waals surface area contributed by atoms with E-state index in [2.05, 4.69) is 25.0 Å². The molecule has 2 fully saturated rings. The summed E-state index contributed by atoms with van der Waals surface area (Å²) >= 11 is 1.63. The molecule has 0 unspecified atom stereocenters. The lowest BCUT2D eigenvalue weighted by atomic mass is 9.96. The Morgan fingerprint density at radius 1 is 1.17 bits per heavy atom. The van der Waals surface area contributed by atoms with Crippen LogP contribution in [0.5, 0.6) is 0 Å². The Balaban J connectivity index is 1.36. The quantitative estimate of drug-likeness (QED) is 0.832. The fraction of sp³-hybridized carbons (Fsp3) is 0.625. The van der Waals surface area contributed by atoms with Crippen molar-refractivity contribution in [2.24, 2.45) is 0 Å². The van der Waals surface area contributed by atoms with E-state index in [4.69, 9.17) is 9.72 Å². The van der Waals surface area contributed by atoms with Crippen LogP contribution in [0.4, 0.5) is 5.82 Å². The standard InChI is InChI=1S/C16H22N6OS/c1-4-17-16(19-14(1)22-7-9-23-10-8-22)13-2-5-21(6-3-13)11-15-20-18-12-24-15/h1,4,12-13H,2-3,5-11H2. The van der Waals surface area contributed by atoms with Crippen LogP contribution < -0.4 is 4.90 Å². The molecule has 2 aliphatic rings. The van der Waals surface area contributed by atoms with Crippen LogP contribution in [0.1, 0.15) is 29.6 Å². The summed E-state index contributed by atoms with van der Waals surface area (Å²) in [5.74, 6) is 2.49. The van der Waals surface area contributed by atoms with Crippen molar-refractivity contribution in [2.75, 3.05) is 44.3 Å². The highest BCUT2D eigenvalue weighted by Crippen LogP contribution is 2.27. The number of hydrogen-bond donors (Lipinski definition) is 0. The number of ether oxygens (including phenoxy) is 1. The summed E-state index contributed by atoms with van der Waals surface area (Å²) in [6.45, 7) is 6.43. The largest absolute Gasteiger partial charge is 0.378 e. The van der Waals surface area contributed by atoms with E-state index in [0.717, 1.165) is 75.4 Å². The zero-order valence-corrected chi connectivity index (χ0v) is 14.5. The van der Waals surface area contributed by atoms with Gasteiger partial charge in [0.2, 0.25) is 0 Å². The van der Waals surface area contributed by atoms with Crippen LogP contribution in [-0.4, -0.2) is 64.5 Å². The molecule has 4 rings (SSSR count). The molecule has 8 heteroatoms. The average Bonchev–Trinajstić information content (AvgIpc) is 3.16. The fourth-order valence-electron chi connectivity index (χ4n) is 3.33. The van der Waals surface area contributed by atoms with Gasteiger partial charge in [0.25, 0.3) is 0 Å². The maximum atomic E-state index is 5.42. The molecule has 2 aliphatic heterocycles. The van der Waals surface area contributed by atoms with Crippen LogP contribution in [0.3, 0.4) is 0 Å². The zero-order valence-electron chi connectivity index (χ0n) is 13.7. The molecule has 4 heterocycles. The number of morpholine rings is 1. The summed E-state index contributed by atoms with van der Waals surface area (Å²) in [6, 6.07) is 2.01. The van der Waals surface area contributed by atoms with Gasteiger partial charge in [-0.15, -0.1) is 21.5 Å². The molecular weight excluding hydrogens is 324 g/mol. The third kappa shape index (κ3) is 3.71. The van der Waals surface area contributed by atoms with E-state index in [9.17, 15) is 0 Å². The third-order valence-corrected chi connectivity index (χ3v) is 5.39. The van der Waals surface area contributed by atoms with Crippen molar-refractivity contribution in [3.63, 3.8) is 0 Å². The molecule has 0 aliphatic carbocycles. The number of piperidine rings is 1. The molecular formula is C16H22N6OS. The summed E-state index contributed by atoms with van der Waals surface area (Å²) in [5.41, 5.74) is 1.80. The summed E-state index contributed by atoms with van der Waals surface area (Å²) < 4.78 is 5.42. The predicted molar refractivity (Wildman–Crippen MR) is 92.2 cm³/mol. The SMILES string of the molecule is c1cc(N2CCOCC2)nc(C2CCN(Cc3nncs3)CC2)n1. The second-order valence-electron chi connectivity index (χ2n) is 6.26. The molecule has 2 aromatic heterocycles. The van der Waals surface area contributed by atoms with Crippen molar-refractivity contribution in [3.05, 3.63) is 28.6 Å². The lowest BCUT2D eigenvalue weighted by Crippen LogP contribution is -2.37. The van der Waals surface area contributed by atoms with Crippen LogP contribution in [0.15, 0.2) is 17.8 Å². The van der Waals surface area contributed by atoms with Gasteiger partial charge in [-0.1, -0.05) is 0 Å². The molecule has 0 atom stereocenters. The number of hydrogen-bond acceptors (Lipinski definition) is 8. The van der Waals surface area contributed by atoms with Crippen LogP contribution in [0.2, 0.25) is 0 Å². The van der Waals surface area contributed by atoms with Crippen LogP contribution >= 0.6 is 11.3 Å². The van der Waals surface area contributed by atoms with Crippen molar-refractivity contribution in [2.45, 2.75) is 25.3 Å². The third-order valence-electron chi connectivity index (χ3n) is 4.71. The van der Waals surface area contributed by atoms with Crippen molar-refractivity contribution in [1.29, 1.82) is 0 Å². The predicted octanol–water partition coefficient (Wildman–Crippen LogP) is 1.54. The highest BCUT2D eigenvalue weighted by molar-refractivity contribution is 7.09. The normalized spacial score (nSPS) is 20.4. The molecule has 2 aromatic rings. The van der Waals surface area contributed by atoms with Gasteiger partial charge in [0.15, 0.2) is 0 Å². The van der Waals surface area contributed by atoms with Crippen molar-refractivity contribution in [1.82, 2.24) is 25.1 Å². The van der Waals surface area contributed by atoms with Gasteiger partial charge in [-0.05, 0) is 32.0 Å². The lowest BCUT2D eigenvalue weighted by molar-refractivity contribution is 0.122. The summed E-state index contributed by atoms with van der Waals surface area (Å²) in [5, 5.41) is 9.15. The van der Waals surface area contributed by atoms with Crippen molar-refractivity contribution < 1.29 is 4.74 Å². The number of rotatable bonds is 4. The van der Waals surface area contributed by atoms with E-state index >= 15 is 0 Å². The van der Waals surface area contributed by atoms with Crippen molar-refractivity contribution >= 4 is 17.2 Å². The number of anilines is 1.